The average Bonchev–Trinajstić information content (AvgIpc) is 2.38. The fraction of sp³-hybridized carbons (Fsp3) is 0.500. The Balaban J connectivity index is 2.58. The second kappa shape index (κ2) is 7.07. The largest absolute Gasteiger partial charge is 0.392 e. The summed E-state index contributed by atoms with van der Waals surface area (Å²) in [5.41, 5.74) is 1.85. The smallest absolute Gasteiger partial charge is 0.223 e. The molecule has 1 aromatic rings. The summed E-state index contributed by atoms with van der Waals surface area (Å²) in [5, 5.41) is 12.1. The highest BCUT2D eigenvalue weighted by Crippen LogP contribution is 2.10. The van der Waals surface area contributed by atoms with Crippen LogP contribution in [0.25, 0.3) is 0 Å². The van der Waals surface area contributed by atoms with Crippen LogP contribution < -0.4 is 5.32 Å². The first-order chi connectivity index (χ1) is 8.22. The van der Waals surface area contributed by atoms with E-state index in [9.17, 15) is 9.90 Å². The Kier molecular flexibility index (Phi) is 5.70. The number of rotatable bonds is 6. The summed E-state index contributed by atoms with van der Waals surface area (Å²) in [6, 6.07) is 7.60. The molecule has 0 saturated heterocycles. The highest BCUT2D eigenvalue weighted by molar-refractivity contribution is 5.78. The molecule has 0 aromatic heterocycles. The Morgan fingerprint density at radius 3 is 2.35 bits per heavy atom. The molecule has 0 spiro atoms. The molecule has 1 aromatic carbocycles. The van der Waals surface area contributed by atoms with Crippen LogP contribution in [0.2, 0.25) is 0 Å². The molecule has 0 fully saturated rings. The number of carbonyl (C=O) groups excluding carboxylic acids is 1. The molecule has 0 saturated carbocycles. The molecule has 1 rings (SSSR count). The molecule has 0 atom stereocenters. The van der Waals surface area contributed by atoms with Gasteiger partial charge < -0.3 is 10.4 Å². The number of nitrogens with one attached hydrogen (secondary N) is 1. The quantitative estimate of drug-likeness (QED) is 0.794. The van der Waals surface area contributed by atoms with E-state index >= 15 is 0 Å². The van der Waals surface area contributed by atoms with Crippen molar-refractivity contribution in [2.24, 2.45) is 5.92 Å². The Labute approximate surface area is 103 Å². The van der Waals surface area contributed by atoms with Crippen LogP contribution >= 0.6 is 0 Å². The summed E-state index contributed by atoms with van der Waals surface area (Å²) >= 11 is 0. The van der Waals surface area contributed by atoms with Gasteiger partial charge in [0.1, 0.15) is 0 Å². The third-order valence-electron chi connectivity index (χ3n) is 3.10. The van der Waals surface area contributed by atoms with Crippen LogP contribution in [0.1, 0.15) is 37.8 Å². The van der Waals surface area contributed by atoms with Gasteiger partial charge in [0.25, 0.3) is 0 Å². The lowest BCUT2D eigenvalue weighted by Crippen LogP contribution is -2.29. The van der Waals surface area contributed by atoms with Crippen LogP contribution in [-0.4, -0.2) is 11.0 Å². The minimum atomic E-state index is 0.0109. The lowest BCUT2D eigenvalue weighted by Gasteiger charge is -2.14. The van der Waals surface area contributed by atoms with Gasteiger partial charge in [-0.2, -0.15) is 0 Å². The summed E-state index contributed by atoms with van der Waals surface area (Å²) in [7, 11) is 0. The van der Waals surface area contributed by atoms with Crippen molar-refractivity contribution in [3.63, 3.8) is 0 Å². The number of hydrogen-bond acceptors (Lipinski definition) is 2. The fourth-order valence-corrected chi connectivity index (χ4v) is 1.87. The first-order valence-electron chi connectivity index (χ1n) is 6.18. The SMILES string of the molecule is CCC(CC)C(=O)NCc1ccccc1CO. The molecule has 1 amide bonds. The topological polar surface area (TPSA) is 49.3 Å². The van der Waals surface area contributed by atoms with Crippen molar-refractivity contribution in [2.75, 3.05) is 0 Å². The van der Waals surface area contributed by atoms with E-state index in [4.69, 9.17) is 0 Å². The van der Waals surface area contributed by atoms with E-state index in [0.29, 0.717) is 6.54 Å². The number of benzene rings is 1. The van der Waals surface area contributed by atoms with Gasteiger partial charge in [-0.3, -0.25) is 4.79 Å². The molecule has 0 aliphatic heterocycles. The molecule has 2 N–H and O–H groups in total. The predicted molar refractivity (Wildman–Crippen MR) is 68.3 cm³/mol. The summed E-state index contributed by atoms with van der Waals surface area (Å²) in [6.07, 6.45) is 1.73. The van der Waals surface area contributed by atoms with Crippen molar-refractivity contribution >= 4 is 5.91 Å². The zero-order valence-corrected chi connectivity index (χ0v) is 10.6. The lowest BCUT2D eigenvalue weighted by molar-refractivity contribution is -0.125. The van der Waals surface area contributed by atoms with Crippen LogP contribution in [0.3, 0.4) is 0 Å². The first-order valence-corrected chi connectivity index (χ1v) is 6.18. The Hall–Kier alpha value is -1.35. The zero-order valence-electron chi connectivity index (χ0n) is 10.6. The fourth-order valence-electron chi connectivity index (χ4n) is 1.87. The maximum atomic E-state index is 11.8. The molecule has 17 heavy (non-hydrogen) atoms. The van der Waals surface area contributed by atoms with E-state index in [1.165, 1.54) is 0 Å². The molecule has 3 nitrogen and oxygen atoms in total. The third kappa shape index (κ3) is 3.86. The normalized spacial score (nSPS) is 10.6. The molecular weight excluding hydrogens is 214 g/mol. The second-order valence-electron chi connectivity index (χ2n) is 4.16. The molecule has 94 valence electrons. The van der Waals surface area contributed by atoms with Crippen molar-refractivity contribution < 1.29 is 9.90 Å². The van der Waals surface area contributed by atoms with Crippen molar-refractivity contribution in [1.29, 1.82) is 0 Å². The number of aliphatic hydroxyl groups is 1. The van der Waals surface area contributed by atoms with Crippen LogP contribution in [0.4, 0.5) is 0 Å². The lowest BCUT2D eigenvalue weighted by atomic mass is 10.0. The number of hydrogen-bond donors (Lipinski definition) is 2. The third-order valence-corrected chi connectivity index (χ3v) is 3.10. The molecule has 0 aliphatic carbocycles. The summed E-state index contributed by atoms with van der Waals surface area (Å²) in [5.74, 6) is 0.194. The van der Waals surface area contributed by atoms with Gasteiger partial charge in [-0.15, -0.1) is 0 Å². The Morgan fingerprint density at radius 1 is 1.24 bits per heavy atom. The number of aliphatic hydroxyl groups excluding tert-OH is 1. The van der Waals surface area contributed by atoms with Crippen molar-refractivity contribution in [1.82, 2.24) is 5.32 Å². The van der Waals surface area contributed by atoms with Gasteiger partial charge in [0.2, 0.25) is 5.91 Å². The standard InChI is InChI=1S/C14H21NO2/c1-3-11(4-2)14(17)15-9-12-7-5-6-8-13(12)10-16/h5-8,11,16H,3-4,9-10H2,1-2H3,(H,15,17). The maximum absolute atomic E-state index is 11.8. The zero-order chi connectivity index (χ0) is 12.7. The molecule has 0 unspecified atom stereocenters. The van der Waals surface area contributed by atoms with Crippen molar-refractivity contribution in [2.45, 2.75) is 39.8 Å². The summed E-state index contributed by atoms with van der Waals surface area (Å²) in [4.78, 5) is 11.8. The van der Waals surface area contributed by atoms with E-state index in [1.807, 2.05) is 38.1 Å². The summed E-state index contributed by atoms with van der Waals surface area (Å²) in [6.45, 7) is 4.55. The van der Waals surface area contributed by atoms with Crippen molar-refractivity contribution in [3.8, 4) is 0 Å². The van der Waals surface area contributed by atoms with Crippen LogP contribution in [0, 0.1) is 5.92 Å². The highest BCUT2D eigenvalue weighted by atomic mass is 16.3. The van der Waals surface area contributed by atoms with E-state index < -0.39 is 0 Å². The van der Waals surface area contributed by atoms with Gasteiger partial charge in [-0.25, -0.2) is 0 Å². The highest BCUT2D eigenvalue weighted by Gasteiger charge is 2.13. The van der Waals surface area contributed by atoms with Gasteiger partial charge in [-0.05, 0) is 24.0 Å². The van der Waals surface area contributed by atoms with Gasteiger partial charge in [0, 0.05) is 12.5 Å². The second-order valence-corrected chi connectivity index (χ2v) is 4.16. The van der Waals surface area contributed by atoms with Crippen LogP contribution in [0.15, 0.2) is 24.3 Å². The van der Waals surface area contributed by atoms with Gasteiger partial charge in [0.05, 0.1) is 6.61 Å². The summed E-state index contributed by atoms with van der Waals surface area (Å²) < 4.78 is 0. The van der Waals surface area contributed by atoms with Crippen LogP contribution in [-0.2, 0) is 17.9 Å². The Morgan fingerprint density at radius 2 is 1.82 bits per heavy atom. The predicted octanol–water partition coefficient (Wildman–Crippen LogP) is 2.23. The first kappa shape index (κ1) is 13.7. The van der Waals surface area contributed by atoms with E-state index in [-0.39, 0.29) is 18.4 Å². The molecule has 0 radical (unpaired) electrons. The van der Waals surface area contributed by atoms with Gasteiger partial charge >= 0.3 is 0 Å². The molecule has 0 heterocycles. The molecule has 0 aliphatic rings. The van der Waals surface area contributed by atoms with Crippen molar-refractivity contribution in [3.05, 3.63) is 35.4 Å². The van der Waals surface area contributed by atoms with E-state index in [1.54, 1.807) is 0 Å². The monoisotopic (exact) mass is 235 g/mol. The minimum absolute atomic E-state index is 0.0109. The number of carbonyl (C=O) groups is 1. The number of amides is 1. The molecule has 0 bridgehead atoms. The van der Waals surface area contributed by atoms with E-state index in [0.717, 1.165) is 24.0 Å². The Bertz CT molecular complexity index is 359. The van der Waals surface area contributed by atoms with E-state index in [2.05, 4.69) is 5.32 Å². The van der Waals surface area contributed by atoms with Gasteiger partial charge in [0.15, 0.2) is 0 Å². The van der Waals surface area contributed by atoms with Crippen LogP contribution in [0.5, 0.6) is 0 Å². The average molecular weight is 235 g/mol. The molecular formula is C14H21NO2. The minimum Gasteiger partial charge on any atom is -0.392 e. The molecule has 3 heteroatoms. The maximum Gasteiger partial charge on any atom is 0.223 e. The van der Waals surface area contributed by atoms with Gasteiger partial charge in [-0.1, -0.05) is 38.1 Å².